The molecule has 0 saturated heterocycles. The summed E-state index contributed by atoms with van der Waals surface area (Å²) in [6, 6.07) is 5.91. The van der Waals surface area contributed by atoms with Gasteiger partial charge in [-0.05, 0) is 52.7 Å². The SMILES string of the molecule is Cc1cc(Cl)nc(Cl)c1NS(=O)(=O)c1ccc(N)cc1Br. The quantitative estimate of drug-likeness (QED) is 0.594. The molecule has 0 bridgehead atoms. The summed E-state index contributed by atoms with van der Waals surface area (Å²) < 4.78 is 27.6. The van der Waals surface area contributed by atoms with E-state index in [1.807, 2.05) is 0 Å². The standard InChI is InChI=1S/C12H10BrCl2N3O2S/c1-6-4-10(14)17-12(15)11(6)18-21(19,20)9-3-2-7(16)5-8(9)13/h2-5,18H,16H2,1H3. The normalized spacial score (nSPS) is 11.4. The Morgan fingerprint density at radius 1 is 1.29 bits per heavy atom. The molecule has 0 aliphatic carbocycles. The fourth-order valence-corrected chi connectivity index (χ4v) is 4.51. The number of hydrogen-bond donors (Lipinski definition) is 2. The van der Waals surface area contributed by atoms with E-state index in [-0.39, 0.29) is 20.9 Å². The first-order valence-corrected chi connectivity index (χ1v) is 8.64. The van der Waals surface area contributed by atoms with Crippen molar-refractivity contribution in [1.29, 1.82) is 0 Å². The maximum absolute atomic E-state index is 12.4. The van der Waals surface area contributed by atoms with Crippen LogP contribution in [-0.4, -0.2) is 13.4 Å². The fraction of sp³-hybridized carbons (Fsp3) is 0.0833. The fourth-order valence-electron chi connectivity index (χ4n) is 1.64. The van der Waals surface area contributed by atoms with E-state index in [1.165, 1.54) is 24.3 Å². The van der Waals surface area contributed by atoms with Crippen LogP contribution in [0.5, 0.6) is 0 Å². The summed E-state index contributed by atoms with van der Waals surface area (Å²) in [4.78, 5) is 3.86. The van der Waals surface area contributed by atoms with Gasteiger partial charge >= 0.3 is 0 Å². The minimum absolute atomic E-state index is 0.0184. The topological polar surface area (TPSA) is 85.1 Å². The number of hydrogen-bond acceptors (Lipinski definition) is 4. The minimum atomic E-state index is -3.84. The highest BCUT2D eigenvalue weighted by molar-refractivity contribution is 9.10. The number of nitrogens with one attached hydrogen (secondary N) is 1. The van der Waals surface area contributed by atoms with Gasteiger partial charge in [0.25, 0.3) is 10.0 Å². The molecule has 1 heterocycles. The van der Waals surface area contributed by atoms with E-state index >= 15 is 0 Å². The lowest BCUT2D eigenvalue weighted by Crippen LogP contribution is -2.15. The maximum Gasteiger partial charge on any atom is 0.263 e. The molecule has 0 spiro atoms. The predicted molar refractivity (Wildman–Crippen MR) is 88.4 cm³/mol. The molecule has 2 aromatic rings. The van der Waals surface area contributed by atoms with Crippen LogP contribution >= 0.6 is 39.1 Å². The van der Waals surface area contributed by atoms with Gasteiger partial charge in [0.05, 0.1) is 5.69 Å². The van der Waals surface area contributed by atoms with E-state index < -0.39 is 10.0 Å². The van der Waals surface area contributed by atoms with Crippen molar-refractivity contribution < 1.29 is 8.42 Å². The van der Waals surface area contributed by atoms with Crippen molar-refractivity contribution in [2.75, 3.05) is 10.5 Å². The zero-order chi connectivity index (χ0) is 15.8. The third-order valence-corrected chi connectivity index (χ3v) is 5.42. The number of aromatic nitrogens is 1. The molecule has 5 nitrogen and oxygen atoms in total. The van der Waals surface area contributed by atoms with Crippen molar-refractivity contribution in [3.05, 3.63) is 44.6 Å². The summed E-state index contributed by atoms with van der Waals surface area (Å²) in [5.74, 6) is 0. The number of sulfonamides is 1. The van der Waals surface area contributed by atoms with Crippen LogP contribution in [0.25, 0.3) is 0 Å². The molecule has 1 aromatic carbocycles. The van der Waals surface area contributed by atoms with Crippen molar-refractivity contribution >= 4 is 60.5 Å². The van der Waals surface area contributed by atoms with Gasteiger partial charge in [0.1, 0.15) is 10.0 Å². The highest BCUT2D eigenvalue weighted by Crippen LogP contribution is 2.31. The molecule has 3 N–H and O–H groups in total. The summed E-state index contributed by atoms with van der Waals surface area (Å²) in [7, 11) is -3.84. The smallest absolute Gasteiger partial charge is 0.263 e. The van der Waals surface area contributed by atoms with Crippen molar-refractivity contribution in [2.24, 2.45) is 0 Å². The summed E-state index contributed by atoms with van der Waals surface area (Å²) in [5.41, 5.74) is 6.79. The second-order valence-corrected chi connectivity index (χ2v) is 7.47. The van der Waals surface area contributed by atoms with Crippen LogP contribution in [0, 0.1) is 6.92 Å². The van der Waals surface area contributed by atoms with E-state index in [9.17, 15) is 8.42 Å². The zero-order valence-corrected chi connectivity index (χ0v) is 14.6. The molecule has 1 aromatic heterocycles. The van der Waals surface area contributed by atoms with Crippen molar-refractivity contribution in [1.82, 2.24) is 4.98 Å². The van der Waals surface area contributed by atoms with E-state index in [2.05, 4.69) is 25.6 Å². The lowest BCUT2D eigenvalue weighted by Gasteiger charge is -2.13. The number of nitrogen functional groups attached to an aromatic ring is 1. The van der Waals surface area contributed by atoms with Gasteiger partial charge in [0.2, 0.25) is 0 Å². The highest BCUT2D eigenvalue weighted by atomic mass is 79.9. The van der Waals surface area contributed by atoms with Crippen molar-refractivity contribution in [3.63, 3.8) is 0 Å². The second kappa shape index (κ2) is 6.00. The Morgan fingerprint density at radius 2 is 1.95 bits per heavy atom. The molecular formula is C12H10BrCl2N3O2S. The van der Waals surface area contributed by atoms with Crippen molar-refractivity contribution in [3.8, 4) is 0 Å². The summed E-state index contributed by atoms with van der Waals surface area (Å²) >= 11 is 14.9. The van der Waals surface area contributed by atoms with Gasteiger partial charge in [-0.1, -0.05) is 23.2 Å². The van der Waals surface area contributed by atoms with E-state index in [0.29, 0.717) is 15.7 Å². The number of pyridine rings is 1. The Labute approximate surface area is 140 Å². The average molecular weight is 411 g/mol. The third kappa shape index (κ3) is 3.60. The van der Waals surface area contributed by atoms with Crippen LogP contribution in [0.2, 0.25) is 10.3 Å². The van der Waals surface area contributed by atoms with Gasteiger partial charge in [-0.3, -0.25) is 4.72 Å². The van der Waals surface area contributed by atoms with E-state index in [4.69, 9.17) is 28.9 Å². The van der Waals surface area contributed by atoms with Gasteiger partial charge < -0.3 is 5.73 Å². The Hall–Kier alpha value is -1.02. The number of benzene rings is 1. The molecular weight excluding hydrogens is 401 g/mol. The van der Waals surface area contributed by atoms with Gasteiger partial charge in [0, 0.05) is 10.2 Å². The van der Waals surface area contributed by atoms with Gasteiger partial charge in [-0.15, -0.1) is 0 Å². The molecule has 0 fully saturated rings. The van der Waals surface area contributed by atoms with Crippen LogP contribution in [0.4, 0.5) is 11.4 Å². The van der Waals surface area contributed by atoms with E-state index in [1.54, 1.807) is 6.92 Å². The summed E-state index contributed by atoms with van der Waals surface area (Å²) in [6.07, 6.45) is 0. The second-order valence-electron chi connectivity index (χ2n) is 4.22. The maximum atomic E-state index is 12.4. The molecule has 0 radical (unpaired) electrons. The lowest BCUT2D eigenvalue weighted by atomic mass is 10.3. The monoisotopic (exact) mass is 409 g/mol. The summed E-state index contributed by atoms with van der Waals surface area (Å²) in [6.45, 7) is 1.68. The number of anilines is 2. The van der Waals surface area contributed by atoms with E-state index in [0.717, 1.165) is 0 Å². The number of nitrogens with zero attached hydrogens (tertiary/aromatic N) is 1. The first-order chi connectivity index (χ1) is 9.70. The Bertz CT molecular complexity index is 789. The first kappa shape index (κ1) is 16.4. The third-order valence-electron chi connectivity index (χ3n) is 2.62. The minimum Gasteiger partial charge on any atom is -0.399 e. The zero-order valence-electron chi connectivity index (χ0n) is 10.7. The molecule has 112 valence electrons. The first-order valence-electron chi connectivity index (χ1n) is 5.61. The van der Waals surface area contributed by atoms with Crippen molar-refractivity contribution in [2.45, 2.75) is 11.8 Å². The Morgan fingerprint density at radius 3 is 2.52 bits per heavy atom. The molecule has 9 heteroatoms. The van der Waals surface area contributed by atoms with Gasteiger partial charge in [0.15, 0.2) is 5.15 Å². The molecule has 0 atom stereocenters. The Balaban J connectivity index is 2.47. The lowest BCUT2D eigenvalue weighted by molar-refractivity contribution is 0.600. The average Bonchev–Trinajstić information content (AvgIpc) is 2.33. The molecule has 0 unspecified atom stereocenters. The van der Waals surface area contributed by atoms with Crippen LogP contribution in [0.1, 0.15) is 5.56 Å². The highest BCUT2D eigenvalue weighted by Gasteiger charge is 2.21. The molecule has 0 aliphatic heterocycles. The number of halogens is 3. The van der Waals surface area contributed by atoms with Crippen LogP contribution in [0.3, 0.4) is 0 Å². The number of aryl methyl sites for hydroxylation is 1. The van der Waals surface area contributed by atoms with Gasteiger partial charge in [-0.25, -0.2) is 13.4 Å². The molecule has 0 amide bonds. The number of nitrogens with two attached hydrogens (primary N) is 1. The predicted octanol–water partition coefficient (Wildman–Crippen LogP) is 3.84. The molecule has 0 saturated carbocycles. The molecule has 2 rings (SSSR count). The number of rotatable bonds is 3. The molecule has 0 aliphatic rings. The Kier molecular flexibility index (Phi) is 4.67. The molecule has 21 heavy (non-hydrogen) atoms. The largest absolute Gasteiger partial charge is 0.399 e. The van der Waals surface area contributed by atoms with Crippen LogP contribution < -0.4 is 10.5 Å². The van der Waals surface area contributed by atoms with Gasteiger partial charge in [-0.2, -0.15) is 0 Å². The van der Waals surface area contributed by atoms with Crippen LogP contribution in [0.15, 0.2) is 33.6 Å². The van der Waals surface area contributed by atoms with Crippen LogP contribution in [-0.2, 0) is 10.0 Å². The summed E-state index contributed by atoms with van der Waals surface area (Å²) in [5, 5.41) is 0.171.